The molecule has 19 heavy (non-hydrogen) atoms. The Morgan fingerprint density at radius 2 is 1.95 bits per heavy atom. The molecule has 1 aromatic rings. The van der Waals surface area contributed by atoms with Gasteiger partial charge in [0.05, 0.1) is 6.07 Å². The fraction of sp³-hybridized carbons (Fsp3) is 0.333. The molecule has 1 saturated carbocycles. The van der Waals surface area contributed by atoms with Crippen molar-refractivity contribution in [2.24, 2.45) is 5.41 Å². The van der Waals surface area contributed by atoms with Crippen molar-refractivity contribution < 1.29 is 22.7 Å². The standard InChI is InChI=1S/C12H10FNO4S/c1-19(17,18)10-9(12(10,6-14)11(15)16)7-2-4-8(13)5-3-7/h2-5,9-10H,1H3,(H,15,16)/t9-,10-,12-/m1/s1. The lowest BCUT2D eigenvalue weighted by molar-refractivity contribution is -0.141. The van der Waals surface area contributed by atoms with Gasteiger partial charge in [-0.15, -0.1) is 0 Å². The van der Waals surface area contributed by atoms with Gasteiger partial charge in [-0.2, -0.15) is 5.26 Å². The second kappa shape index (κ2) is 4.03. The average Bonchev–Trinajstić information content (AvgIpc) is 3.00. The molecule has 0 aliphatic heterocycles. The molecule has 1 N–H and O–H groups in total. The molecule has 0 radical (unpaired) electrons. The number of nitriles is 1. The van der Waals surface area contributed by atoms with Crippen LogP contribution in [-0.4, -0.2) is 31.0 Å². The molecular formula is C12H10FNO4S. The van der Waals surface area contributed by atoms with E-state index in [0.717, 1.165) is 18.4 Å². The highest BCUT2D eigenvalue weighted by Crippen LogP contribution is 2.62. The van der Waals surface area contributed by atoms with E-state index in [1.165, 1.54) is 12.1 Å². The summed E-state index contributed by atoms with van der Waals surface area (Å²) >= 11 is 0. The number of carboxylic acid groups (broad SMARTS) is 1. The SMILES string of the molecule is CS(=O)(=O)[C@@H]1[C@@H](c2ccc(F)cc2)[C@@]1(C#N)C(=O)O. The lowest BCUT2D eigenvalue weighted by atomic mass is 10.0. The number of sulfone groups is 1. The number of halogens is 1. The van der Waals surface area contributed by atoms with Crippen molar-refractivity contribution >= 4 is 15.8 Å². The highest BCUT2D eigenvalue weighted by atomic mass is 32.2. The zero-order valence-corrected chi connectivity index (χ0v) is 10.7. The Bertz CT molecular complexity index is 677. The lowest BCUT2D eigenvalue weighted by Gasteiger charge is -2.01. The van der Waals surface area contributed by atoms with E-state index < -0.39 is 38.2 Å². The molecule has 1 aliphatic rings. The summed E-state index contributed by atoms with van der Waals surface area (Å²) in [4.78, 5) is 11.3. The summed E-state index contributed by atoms with van der Waals surface area (Å²) in [5.41, 5.74) is -1.65. The second-order valence-electron chi connectivity index (χ2n) is 4.57. The third-order valence-electron chi connectivity index (χ3n) is 3.36. The number of nitrogens with zero attached hydrogens (tertiary/aromatic N) is 1. The zero-order chi connectivity index (χ0) is 14.4. The Morgan fingerprint density at radius 1 is 1.42 bits per heavy atom. The normalized spacial score (nSPS) is 29.5. The minimum atomic E-state index is -3.70. The van der Waals surface area contributed by atoms with Crippen LogP contribution in [0.2, 0.25) is 0 Å². The summed E-state index contributed by atoms with van der Waals surface area (Å²) in [6, 6.07) is 6.43. The van der Waals surface area contributed by atoms with Crippen LogP contribution in [0.25, 0.3) is 0 Å². The number of aliphatic carboxylic acids is 1. The van der Waals surface area contributed by atoms with E-state index in [0.29, 0.717) is 5.56 Å². The van der Waals surface area contributed by atoms with E-state index in [1.54, 1.807) is 6.07 Å². The summed E-state index contributed by atoms with van der Waals surface area (Å²) in [7, 11) is -3.70. The van der Waals surface area contributed by atoms with Gasteiger partial charge in [0, 0.05) is 12.2 Å². The van der Waals surface area contributed by atoms with Gasteiger partial charge in [0.15, 0.2) is 15.3 Å². The van der Waals surface area contributed by atoms with Crippen molar-refractivity contribution in [3.63, 3.8) is 0 Å². The Hall–Kier alpha value is -1.94. The van der Waals surface area contributed by atoms with Crippen molar-refractivity contribution in [2.75, 3.05) is 6.26 Å². The number of carbonyl (C=O) groups is 1. The summed E-state index contributed by atoms with van der Waals surface area (Å²) in [5, 5.41) is 16.9. The van der Waals surface area contributed by atoms with Gasteiger partial charge in [0.1, 0.15) is 11.1 Å². The molecule has 0 aromatic heterocycles. The van der Waals surface area contributed by atoms with Gasteiger partial charge < -0.3 is 5.11 Å². The van der Waals surface area contributed by atoms with Crippen LogP contribution in [0.4, 0.5) is 4.39 Å². The maximum atomic E-state index is 12.8. The molecular weight excluding hydrogens is 273 g/mol. The van der Waals surface area contributed by atoms with E-state index >= 15 is 0 Å². The minimum Gasteiger partial charge on any atom is -0.480 e. The maximum Gasteiger partial charge on any atom is 0.326 e. The topological polar surface area (TPSA) is 95.2 Å². The molecule has 1 fully saturated rings. The van der Waals surface area contributed by atoms with Crippen molar-refractivity contribution in [1.29, 1.82) is 5.26 Å². The molecule has 2 rings (SSSR count). The minimum absolute atomic E-state index is 0.334. The smallest absolute Gasteiger partial charge is 0.326 e. The Kier molecular flexibility index (Phi) is 2.86. The molecule has 0 spiro atoms. The maximum absolute atomic E-state index is 12.8. The molecule has 0 amide bonds. The van der Waals surface area contributed by atoms with E-state index in [9.17, 15) is 17.6 Å². The molecule has 1 aliphatic carbocycles. The van der Waals surface area contributed by atoms with E-state index in [1.807, 2.05) is 0 Å². The first-order valence-corrected chi connectivity index (χ1v) is 7.29. The zero-order valence-electron chi connectivity index (χ0n) is 9.87. The molecule has 0 unspecified atom stereocenters. The largest absolute Gasteiger partial charge is 0.480 e. The molecule has 0 heterocycles. The Labute approximate surface area is 109 Å². The molecule has 7 heteroatoms. The van der Waals surface area contributed by atoms with Crippen LogP contribution in [0.3, 0.4) is 0 Å². The van der Waals surface area contributed by atoms with Crippen LogP contribution < -0.4 is 0 Å². The highest BCUT2D eigenvalue weighted by molar-refractivity contribution is 7.91. The van der Waals surface area contributed by atoms with Crippen LogP contribution in [0.15, 0.2) is 24.3 Å². The van der Waals surface area contributed by atoms with Crippen molar-refractivity contribution in [3.05, 3.63) is 35.6 Å². The first kappa shape index (κ1) is 13.5. The number of hydrogen-bond donors (Lipinski definition) is 1. The number of rotatable bonds is 3. The first-order valence-electron chi connectivity index (χ1n) is 5.34. The van der Waals surface area contributed by atoms with Crippen LogP contribution in [0.5, 0.6) is 0 Å². The fourth-order valence-corrected chi connectivity index (χ4v) is 4.25. The number of carboxylic acids is 1. The Morgan fingerprint density at radius 3 is 2.26 bits per heavy atom. The summed E-state index contributed by atoms with van der Waals surface area (Å²) in [6.07, 6.45) is 0.899. The first-order chi connectivity index (χ1) is 8.75. The van der Waals surface area contributed by atoms with E-state index in [4.69, 9.17) is 10.4 Å². The van der Waals surface area contributed by atoms with Crippen LogP contribution in [0, 0.1) is 22.6 Å². The van der Waals surface area contributed by atoms with Crippen molar-refractivity contribution in [3.8, 4) is 6.07 Å². The third kappa shape index (κ3) is 1.88. The van der Waals surface area contributed by atoms with Crippen LogP contribution >= 0.6 is 0 Å². The number of benzene rings is 1. The summed E-state index contributed by atoms with van der Waals surface area (Å²) in [6.45, 7) is 0. The molecule has 0 bridgehead atoms. The third-order valence-corrected chi connectivity index (χ3v) is 4.93. The number of hydrogen-bond acceptors (Lipinski definition) is 4. The van der Waals surface area contributed by atoms with Gasteiger partial charge >= 0.3 is 5.97 Å². The predicted molar refractivity (Wildman–Crippen MR) is 63.5 cm³/mol. The second-order valence-corrected chi connectivity index (χ2v) is 6.73. The van der Waals surface area contributed by atoms with Crippen molar-refractivity contribution in [2.45, 2.75) is 11.2 Å². The summed E-state index contributed by atoms with van der Waals surface area (Å²) < 4.78 is 36.1. The van der Waals surface area contributed by atoms with E-state index in [2.05, 4.69) is 0 Å². The van der Waals surface area contributed by atoms with Crippen LogP contribution in [0.1, 0.15) is 11.5 Å². The highest BCUT2D eigenvalue weighted by Gasteiger charge is 2.76. The van der Waals surface area contributed by atoms with E-state index in [-0.39, 0.29) is 0 Å². The van der Waals surface area contributed by atoms with Crippen LogP contribution in [-0.2, 0) is 14.6 Å². The van der Waals surface area contributed by atoms with Crippen molar-refractivity contribution in [1.82, 2.24) is 0 Å². The average molecular weight is 283 g/mol. The molecule has 3 atom stereocenters. The molecule has 0 saturated heterocycles. The van der Waals surface area contributed by atoms with Gasteiger partial charge in [0.2, 0.25) is 0 Å². The van der Waals surface area contributed by atoms with Gasteiger partial charge in [0.25, 0.3) is 0 Å². The Balaban J connectivity index is 2.54. The molecule has 5 nitrogen and oxygen atoms in total. The quantitative estimate of drug-likeness (QED) is 0.890. The fourth-order valence-electron chi connectivity index (χ4n) is 2.48. The van der Waals surface area contributed by atoms with Gasteiger partial charge in [-0.1, -0.05) is 12.1 Å². The molecule has 100 valence electrons. The van der Waals surface area contributed by atoms with Gasteiger partial charge in [-0.3, -0.25) is 4.79 Å². The predicted octanol–water partition coefficient (Wildman–Crippen LogP) is 0.931. The monoisotopic (exact) mass is 283 g/mol. The molecule has 1 aromatic carbocycles. The van der Waals surface area contributed by atoms with Gasteiger partial charge in [-0.05, 0) is 17.7 Å². The lowest BCUT2D eigenvalue weighted by Crippen LogP contribution is -2.21. The summed E-state index contributed by atoms with van der Waals surface area (Å²) in [5.74, 6) is -2.96. The van der Waals surface area contributed by atoms with Gasteiger partial charge in [-0.25, -0.2) is 12.8 Å².